The Morgan fingerprint density at radius 2 is 1.87 bits per heavy atom. The Kier molecular flexibility index (Phi) is 6.54. The summed E-state index contributed by atoms with van der Waals surface area (Å²) in [5.41, 5.74) is 10.0. The van der Waals surface area contributed by atoms with Gasteiger partial charge in [0.05, 0.1) is 22.9 Å². The van der Waals surface area contributed by atoms with Gasteiger partial charge < -0.3 is 16.0 Å². The summed E-state index contributed by atoms with van der Waals surface area (Å²) < 4.78 is 12.9. The SMILES string of the molecule is CC.Nc1ccc2nc(-c3ccc(NC(=O)/C=C/c4ccc(F)cc4)cn3)[nH]c2c1. The molecule has 4 N–H and O–H groups in total. The zero-order valence-electron chi connectivity index (χ0n) is 16.7. The van der Waals surface area contributed by atoms with Crippen molar-refractivity contribution in [3.05, 3.63) is 78.3 Å². The maximum absolute atomic E-state index is 12.9. The number of hydrogen-bond acceptors (Lipinski definition) is 4. The summed E-state index contributed by atoms with van der Waals surface area (Å²) >= 11 is 0. The molecule has 0 saturated heterocycles. The number of nitrogens with two attached hydrogens (primary N) is 1. The molecule has 0 spiro atoms. The van der Waals surface area contributed by atoms with E-state index in [4.69, 9.17) is 5.73 Å². The lowest BCUT2D eigenvalue weighted by molar-refractivity contribution is -0.111. The second kappa shape index (κ2) is 9.47. The average molecular weight is 403 g/mol. The number of nitrogens with one attached hydrogen (secondary N) is 2. The molecule has 2 heterocycles. The zero-order valence-corrected chi connectivity index (χ0v) is 16.7. The van der Waals surface area contributed by atoms with Gasteiger partial charge in [-0.1, -0.05) is 26.0 Å². The fourth-order valence-corrected chi connectivity index (χ4v) is 2.69. The number of aromatic amines is 1. The molecule has 30 heavy (non-hydrogen) atoms. The normalized spacial score (nSPS) is 10.6. The van der Waals surface area contributed by atoms with Crippen LogP contribution in [0.1, 0.15) is 19.4 Å². The van der Waals surface area contributed by atoms with Gasteiger partial charge in [0.25, 0.3) is 0 Å². The quantitative estimate of drug-likeness (QED) is 0.329. The highest BCUT2D eigenvalue weighted by atomic mass is 19.1. The number of H-pyrrole nitrogens is 1. The van der Waals surface area contributed by atoms with E-state index in [9.17, 15) is 9.18 Å². The second-order valence-electron chi connectivity index (χ2n) is 6.17. The summed E-state index contributed by atoms with van der Waals surface area (Å²) in [5.74, 6) is -0.00606. The summed E-state index contributed by atoms with van der Waals surface area (Å²) in [6.45, 7) is 4.00. The Balaban J connectivity index is 0.00000124. The lowest BCUT2D eigenvalue weighted by Gasteiger charge is -2.02. The summed E-state index contributed by atoms with van der Waals surface area (Å²) in [6, 6.07) is 14.8. The predicted molar refractivity (Wildman–Crippen MR) is 119 cm³/mol. The van der Waals surface area contributed by atoms with Crippen LogP contribution in [0.4, 0.5) is 15.8 Å². The number of fused-ring (bicyclic) bond motifs is 1. The molecule has 4 aromatic rings. The molecule has 0 aliphatic heterocycles. The highest BCUT2D eigenvalue weighted by molar-refractivity contribution is 6.01. The summed E-state index contributed by atoms with van der Waals surface area (Å²) in [6.07, 6.45) is 4.54. The molecular formula is C23H22FN5O. The third kappa shape index (κ3) is 5.08. The van der Waals surface area contributed by atoms with Crippen LogP contribution in [-0.4, -0.2) is 20.9 Å². The molecule has 4 rings (SSSR count). The molecule has 0 atom stereocenters. The first-order valence-electron chi connectivity index (χ1n) is 9.53. The van der Waals surface area contributed by atoms with E-state index in [2.05, 4.69) is 20.3 Å². The average Bonchev–Trinajstić information content (AvgIpc) is 3.18. The molecule has 2 aromatic carbocycles. The van der Waals surface area contributed by atoms with Crippen molar-refractivity contribution in [2.75, 3.05) is 11.1 Å². The van der Waals surface area contributed by atoms with E-state index in [0.29, 0.717) is 22.9 Å². The first-order valence-corrected chi connectivity index (χ1v) is 9.53. The smallest absolute Gasteiger partial charge is 0.248 e. The van der Waals surface area contributed by atoms with Crippen LogP contribution in [0.15, 0.2) is 66.9 Å². The number of aromatic nitrogens is 3. The van der Waals surface area contributed by atoms with Crippen LogP contribution in [0, 0.1) is 5.82 Å². The molecule has 0 aliphatic rings. The van der Waals surface area contributed by atoms with Crippen LogP contribution in [0.2, 0.25) is 0 Å². The molecule has 2 aromatic heterocycles. The van der Waals surface area contributed by atoms with Crippen molar-refractivity contribution < 1.29 is 9.18 Å². The van der Waals surface area contributed by atoms with Crippen molar-refractivity contribution in [1.82, 2.24) is 15.0 Å². The zero-order chi connectivity index (χ0) is 21.5. The summed E-state index contributed by atoms with van der Waals surface area (Å²) in [4.78, 5) is 24.0. The number of imidazole rings is 1. The Bertz CT molecular complexity index is 1160. The van der Waals surface area contributed by atoms with E-state index < -0.39 is 0 Å². The molecule has 152 valence electrons. The van der Waals surface area contributed by atoms with Crippen molar-refractivity contribution in [2.24, 2.45) is 0 Å². The number of halogens is 1. The molecule has 0 radical (unpaired) electrons. The number of carbonyl (C=O) groups excluding carboxylic acids is 1. The number of pyridine rings is 1. The third-order valence-corrected chi connectivity index (χ3v) is 4.08. The summed E-state index contributed by atoms with van der Waals surface area (Å²) in [7, 11) is 0. The lowest BCUT2D eigenvalue weighted by atomic mass is 10.2. The van der Waals surface area contributed by atoms with Gasteiger partial charge in [0, 0.05) is 11.8 Å². The monoisotopic (exact) mass is 403 g/mol. The number of carbonyl (C=O) groups is 1. The van der Waals surface area contributed by atoms with E-state index >= 15 is 0 Å². The molecule has 0 saturated carbocycles. The maximum atomic E-state index is 12.9. The Labute approximate surface area is 173 Å². The fraction of sp³-hybridized carbons (Fsp3) is 0.0870. The highest BCUT2D eigenvalue weighted by Crippen LogP contribution is 2.21. The van der Waals surface area contributed by atoms with Crippen molar-refractivity contribution >= 4 is 34.4 Å². The van der Waals surface area contributed by atoms with Crippen LogP contribution in [0.5, 0.6) is 0 Å². The predicted octanol–water partition coefficient (Wildman–Crippen LogP) is 5.02. The molecular weight excluding hydrogens is 381 g/mol. The first kappa shape index (κ1) is 20.7. The van der Waals surface area contributed by atoms with E-state index in [1.54, 1.807) is 42.6 Å². The molecule has 0 fully saturated rings. The Morgan fingerprint density at radius 1 is 1.10 bits per heavy atom. The van der Waals surface area contributed by atoms with E-state index in [1.807, 2.05) is 26.0 Å². The van der Waals surface area contributed by atoms with Crippen LogP contribution in [0.25, 0.3) is 28.6 Å². The molecule has 0 aliphatic carbocycles. The van der Waals surface area contributed by atoms with Gasteiger partial charge in [-0.05, 0) is 54.1 Å². The molecule has 7 heteroatoms. The summed E-state index contributed by atoms with van der Waals surface area (Å²) in [5, 5.41) is 2.73. The van der Waals surface area contributed by atoms with Gasteiger partial charge in [-0.25, -0.2) is 9.37 Å². The van der Waals surface area contributed by atoms with Crippen molar-refractivity contribution in [2.45, 2.75) is 13.8 Å². The number of rotatable bonds is 4. The van der Waals surface area contributed by atoms with Crippen molar-refractivity contribution in [3.8, 4) is 11.5 Å². The lowest BCUT2D eigenvalue weighted by Crippen LogP contribution is -2.08. The number of benzene rings is 2. The Hall–Kier alpha value is -4.00. The number of amides is 1. The van der Waals surface area contributed by atoms with Gasteiger partial charge in [0.2, 0.25) is 5.91 Å². The van der Waals surface area contributed by atoms with E-state index in [-0.39, 0.29) is 11.7 Å². The minimum Gasteiger partial charge on any atom is -0.399 e. The second-order valence-corrected chi connectivity index (χ2v) is 6.17. The van der Waals surface area contributed by atoms with Gasteiger partial charge in [0.1, 0.15) is 11.5 Å². The largest absolute Gasteiger partial charge is 0.399 e. The number of nitrogens with zero attached hydrogens (tertiary/aromatic N) is 2. The Morgan fingerprint density at radius 3 is 2.57 bits per heavy atom. The van der Waals surface area contributed by atoms with Gasteiger partial charge >= 0.3 is 0 Å². The minimum atomic E-state index is -0.319. The molecule has 1 amide bonds. The van der Waals surface area contributed by atoms with Gasteiger partial charge in [-0.15, -0.1) is 0 Å². The molecule has 6 nitrogen and oxygen atoms in total. The van der Waals surface area contributed by atoms with Crippen molar-refractivity contribution in [1.29, 1.82) is 0 Å². The van der Waals surface area contributed by atoms with Gasteiger partial charge in [-0.3, -0.25) is 9.78 Å². The number of nitrogen functional groups attached to an aromatic ring is 1. The van der Waals surface area contributed by atoms with Gasteiger partial charge in [-0.2, -0.15) is 0 Å². The molecule has 0 bridgehead atoms. The highest BCUT2D eigenvalue weighted by Gasteiger charge is 2.07. The van der Waals surface area contributed by atoms with Gasteiger partial charge in [0.15, 0.2) is 5.82 Å². The van der Waals surface area contributed by atoms with Crippen LogP contribution < -0.4 is 11.1 Å². The third-order valence-electron chi connectivity index (χ3n) is 4.08. The molecule has 0 unspecified atom stereocenters. The number of hydrogen-bond donors (Lipinski definition) is 3. The van der Waals surface area contributed by atoms with E-state index in [1.165, 1.54) is 18.2 Å². The van der Waals surface area contributed by atoms with Crippen molar-refractivity contribution in [3.63, 3.8) is 0 Å². The van der Waals surface area contributed by atoms with Crippen LogP contribution in [0.3, 0.4) is 0 Å². The maximum Gasteiger partial charge on any atom is 0.248 e. The van der Waals surface area contributed by atoms with E-state index in [0.717, 1.165) is 16.6 Å². The minimum absolute atomic E-state index is 0.307. The van der Waals surface area contributed by atoms with Crippen LogP contribution >= 0.6 is 0 Å². The topological polar surface area (TPSA) is 96.7 Å². The number of anilines is 2. The first-order chi connectivity index (χ1) is 14.6. The standard InChI is InChI=1S/C21H16FN5O.C2H6/c22-14-4-1-13(2-5-14)3-10-20(28)25-16-7-9-18(24-12-16)21-26-17-8-6-15(23)11-19(17)27-21;1-2/h1-12H,23H2,(H,25,28)(H,26,27);1-2H3/b10-3+;. The van der Waals surface area contributed by atoms with Crippen LogP contribution in [-0.2, 0) is 4.79 Å². The fourth-order valence-electron chi connectivity index (χ4n) is 2.69.